The van der Waals surface area contributed by atoms with Gasteiger partial charge in [0.15, 0.2) is 5.75 Å². The molecule has 0 bridgehead atoms. The normalized spacial score (nSPS) is 12.4. The Bertz CT molecular complexity index is 546. The quantitative estimate of drug-likeness (QED) is 0.888. The number of ether oxygens (including phenoxy) is 1. The first-order valence-electron chi connectivity index (χ1n) is 6.79. The molecule has 5 heteroatoms. The number of halogens is 1. The number of hydrogen-bond donors (Lipinski definition) is 1. The second-order valence-electron chi connectivity index (χ2n) is 4.46. The summed E-state index contributed by atoms with van der Waals surface area (Å²) >= 11 is 6.12. The van der Waals surface area contributed by atoms with Crippen LogP contribution in [0.15, 0.2) is 30.5 Å². The van der Waals surface area contributed by atoms with Gasteiger partial charge in [0, 0.05) is 11.6 Å². The first-order valence-corrected chi connectivity index (χ1v) is 7.17. The van der Waals surface area contributed by atoms with Crippen LogP contribution < -0.4 is 10.1 Å². The molecule has 0 aliphatic rings. The molecule has 2 rings (SSSR count). The lowest BCUT2D eigenvalue weighted by atomic mass is 10.0. The number of rotatable bonds is 6. The van der Waals surface area contributed by atoms with Crippen LogP contribution in [0.25, 0.3) is 0 Å². The van der Waals surface area contributed by atoms with E-state index >= 15 is 0 Å². The largest absolute Gasteiger partial charge is 0.493 e. The van der Waals surface area contributed by atoms with Gasteiger partial charge in [-0.15, -0.1) is 0 Å². The number of aryl methyl sites for hydroxylation is 1. The van der Waals surface area contributed by atoms with Gasteiger partial charge in [0.2, 0.25) is 0 Å². The maximum Gasteiger partial charge on any atom is 0.161 e. The number of nitrogens with one attached hydrogen (secondary N) is 1. The topological polar surface area (TPSA) is 39.1 Å². The van der Waals surface area contributed by atoms with Crippen molar-refractivity contribution in [2.24, 2.45) is 0 Å². The lowest BCUT2D eigenvalue weighted by Crippen LogP contribution is -2.25. The number of benzene rings is 1. The highest BCUT2D eigenvalue weighted by molar-refractivity contribution is 6.30. The third kappa shape index (κ3) is 2.97. The maximum absolute atomic E-state index is 6.12. The van der Waals surface area contributed by atoms with Crippen molar-refractivity contribution in [2.45, 2.75) is 26.4 Å². The van der Waals surface area contributed by atoms with Gasteiger partial charge in [0.1, 0.15) is 5.69 Å². The van der Waals surface area contributed by atoms with Crippen LogP contribution >= 0.6 is 11.6 Å². The van der Waals surface area contributed by atoms with Crippen LogP contribution in [0.5, 0.6) is 5.75 Å². The van der Waals surface area contributed by atoms with Crippen molar-refractivity contribution in [3.8, 4) is 5.75 Å². The van der Waals surface area contributed by atoms with Crippen LogP contribution in [0.1, 0.15) is 31.1 Å². The van der Waals surface area contributed by atoms with E-state index in [-0.39, 0.29) is 6.04 Å². The van der Waals surface area contributed by atoms with Crippen LogP contribution in [-0.2, 0) is 6.54 Å². The molecule has 0 aliphatic carbocycles. The molecular weight excluding hydrogens is 274 g/mol. The first kappa shape index (κ1) is 14.9. The zero-order valence-electron chi connectivity index (χ0n) is 12.1. The number of methoxy groups -OCH3 is 1. The zero-order valence-corrected chi connectivity index (χ0v) is 12.8. The molecule has 1 unspecified atom stereocenters. The van der Waals surface area contributed by atoms with E-state index in [4.69, 9.17) is 16.3 Å². The fourth-order valence-electron chi connectivity index (χ4n) is 2.34. The summed E-state index contributed by atoms with van der Waals surface area (Å²) < 4.78 is 7.40. The Kier molecular flexibility index (Phi) is 5.04. The summed E-state index contributed by atoms with van der Waals surface area (Å²) in [7, 11) is 1.67. The van der Waals surface area contributed by atoms with E-state index in [0.29, 0.717) is 0 Å². The van der Waals surface area contributed by atoms with Crippen molar-refractivity contribution in [1.29, 1.82) is 0 Å². The molecular formula is C15H20ClN3O. The number of aromatic nitrogens is 2. The molecule has 4 nitrogen and oxygen atoms in total. The van der Waals surface area contributed by atoms with Gasteiger partial charge in [-0.2, -0.15) is 5.10 Å². The summed E-state index contributed by atoms with van der Waals surface area (Å²) in [5.74, 6) is 0.790. The van der Waals surface area contributed by atoms with E-state index in [1.54, 1.807) is 13.3 Å². The Morgan fingerprint density at radius 1 is 1.40 bits per heavy atom. The summed E-state index contributed by atoms with van der Waals surface area (Å²) in [6.07, 6.45) is 1.76. The van der Waals surface area contributed by atoms with E-state index in [1.165, 1.54) is 0 Å². The summed E-state index contributed by atoms with van der Waals surface area (Å²) in [6, 6.07) is 7.88. The Balaban J connectivity index is 2.50. The molecule has 1 aromatic carbocycles. The van der Waals surface area contributed by atoms with Crippen LogP contribution in [0.2, 0.25) is 5.02 Å². The molecule has 2 aromatic rings. The standard InChI is InChI=1S/C15H20ClN3O/c1-4-17-14(11-7-6-8-12(16)9-11)15-13(20-3)10-18-19(15)5-2/h6-10,14,17H,4-5H2,1-3H3. The summed E-state index contributed by atoms with van der Waals surface area (Å²) in [6.45, 7) is 5.78. The minimum absolute atomic E-state index is 0.0103. The van der Waals surface area contributed by atoms with Crippen LogP contribution in [0.4, 0.5) is 0 Å². The molecule has 0 saturated carbocycles. The molecule has 0 saturated heterocycles. The highest BCUT2D eigenvalue weighted by Gasteiger charge is 2.22. The molecule has 20 heavy (non-hydrogen) atoms. The van der Waals surface area contributed by atoms with Crippen molar-refractivity contribution in [3.05, 3.63) is 46.7 Å². The van der Waals surface area contributed by atoms with E-state index in [2.05, 4.69) is 30.3 Å². The first-order chi connectivity index (χ1) is 9.71. The van der Waals surface area contributed by atoms with Crippen molar-refractivity contribution >= 4 is 11.6 Å². The molecule has 1 atom stereocenters. The van der Waals surface area contributed by atoms with E-state index in [9.17, 15) is 0 Å². The van der Waals surface area contributed by atoms with Crippen LogP contribution in [0.3, 0.4) is 0 Å². The number of hydrogen-bond acceptors (Lipinski definition) is 3. The number of nitrogens with zero attached hydrogens (tertiary/aromatic N) is 2. The highest BCUT2D eigenvalue weighted by atomic mass is 35.5. The maximum atomic E-state index is 6.12. The van der Waals surface area contributed by atoms with Gasteiger partial charge >= 0.3 is 0 Å². The minimum atomic E-state index is 0.0103. The van der Waals surface area contributed by atoms with Crippen molar-refractivity contribution in [1.82, 2.24) is 15.1 Å². The van der Waals surface area contributed by atoms with Crippen molar-refractivity contribution in [2.75, 3.05) is 13.7 Å². The second-order valence-corrected chi connectivity index (χ2v) is 4.90. The highest BCUT2D eigenvalue weighted by Crippen LogP contribution is 2.31. The van der Waals surface area contributed by atoms with E-state index < -0.39 is 0 Å². The molecule has 108 valence electrons. The average molecular weight is 294 g/mol. The fourth-order valence-corrected chi connectivity index (χ4v) is 2.54. The smallest absolute Gasteiger partial charge is 0.161 e. The monoisotopic (exact) mass is 293 g/mol. The van der Waals surface area contributed by atoms with Gasteiger partial charge in [-0.1, -0.05) is 30.7 Å². The third-order valence-corrected chi connectivity index (χ3v) is 3.46. The van der Waals surface area contributed by atoms with Crippen LogP contribution in [0, 0.1) is 0 Å². The molecule has 1 N–H and O–H groups in total. The Hall–Kier alpha value is -1.52. The fraction of sp³-hybridized carbons (Fsp3) is 0.400. The van der Waals surface area contributed by atoms with Gasteiger partial charge in [0.25, 0.3) is 0 Å². The molecule has 1 aromatic heterocycles. The predicted octanol–water partition coefficient (Wildman–Crippen LogP) is 3.26. The lowest BCUT2D eigenvalue weighted by Gasteiger charge is -2.21. The van der Waals surface area contributed by atoms with E-state index in [1.807, 2.05) is 22.9 Å². The van der Waals surface area contributed by atoms with Gasteiger partial charge in [-0.05, 0) is 31.2 Å². The molecule has 0 spiro atoms. The van der Waals surface area contributed by atoms with Crippen molar-refractivity contribution < 1.29 is 4.74 Å². The SMILES string of the molecule is CCNC(c1cccc(Cl)c1)c1c(OC)cnn1CC. The summed E-state index contributed by atoms with van der Waals surface area (Å²) in [5.41, 5.74) is 2.13. The zero-order chi connectivity index (χ0) is 14.5. The summed E-state index contributed by atoms with van der Waals surface area (Å²) in [4.78, 5) is 0. The molecule has 1 heterocycles. The summed E-state index contributed by atoms with van der Waals surface area (Å²) in [5, 5.41) is 8.58. The lowest BCUT2D eigenvalue weighted by molar-refractivity contribution is 0.399. The van der Waals surface area contributed by atoms with Gasteiger partial charge < -0.3 is 10.1 Å². The molecule has 0 amide bonds. The minimum Gasteiger partial charge on any atom is -0.493 e. The van der Waals surface area contributed by atoms with Gasteiger partial charge in [-0.3, -0.25) is 4.68 Å². The second kappa shape index (κ2) is 6.77. The third-order valence-electron chi connectivity index (χ3n) is 3.23. The Morgan fingerprint density at radius 3 is 2.80 bits per heavy atom. The Labute approximate surface area is 124 Å². The Morgan fingerprint density at radius 2 is 2.20 bits per heavy atom. The van der Waals surface area contributed by atoms with Gasteiger partial charge in [-0.25, -0.2) is 0 Å². The van der Waals surface area contributed by atoms with Gasteiger partial charge in [0.05, 0.1) is 19.3 Å². The predicted molar refractivity (Wildman–Crippen MR) is 81.4 cm³/mol. The molecule has 0 radical (unpaired) electrons. The van der Waals surface area contributed by atoms with Crippen molar-refractivity contribution in [3.63, 3.8) is 0 Å². The van der Waals surface area contributed by atoms with Crippen LogP contribution in [-0.4, -0.2) is 23.4 Å². The molecule has 0 fully saturated rings. The van der Waals surface area contributed by atoms with E-state index in [0.717, 1.165) is 35.1 Å². The average Bonchev–Trinajstić information content (AvgIpc) is 2.87. The molecule has 0 aliphatic heterocycles.